The van der Waals surface area contributed by atoms with Gasteiger partial charge in [0.2, 0.25) is 0 Å². The Morgan fingerprint density at radius 2 is 2.25 bits per heavy atom. The number of nitro groups is 1. The highest BCUT2D eigenvalue weighted by Crippen LogP contribution is 2.37. The first-order valence-corrected chi connectivity index (χ1v) is 6.32. The molecule has 1 fully saturated rings. The van der Waals surface area contributed by atoms with Crippen LogP contribution in [0.2, 0.25) is 0 Å². The van der Waals surface area contributed by atoms with E-state index in [2.05, 4.69) is 0 Å². The summed E-state index contributed by atoms with van der Waals surface area (Å²) < 4.78 is 18.5. The van der Waals surface area contributed by atoms with Crippen LogP contribution in [0.1, 0.15) is 19.3 Å². The number of carbonyl (C=O) groups is 1. The van der Waals surface area contributed by atoms with Crippen LogP contribution in [0.4, 0.5) is 15.8 Å². The number of nitrogens with zero attached hydrogens (tertiary/aromatic N) is 2. The van der Waals surface area contributed by atoms with Crippen molar-refractivity contribution in [3.8, 4) is 5.75 Å². The van der Waals surface area contributed by atoms with E-state index in [0.29, 0.717) is 13.0 Å². The quantitative estimate of drug-likeness (QED) is 0.481. The van der Waals surface area contributed by atoms with Gasteiger partial charge in [-0.25, -0.2) is 4.39 Å². The van der Waals surface area contributed by atoms with E-state index in [1.807, 2.05) is 0 Å². The van der Waals surface area contributed by atoms with E-state index in [-0.39, 0.29) is 17.1 Å². The zero-order valence-electron chi connectivity index (χ0n) is 11.0. The number of methoxy groups -OCH3 is 1. The first kappa shape index (κ1) is 14.2. The SMILES string of the molecule is COc1cc(N2CCCCC2C=O)c([N+](=O)[O-])cc1F. The molecule has 1 atom stereocenters. The smallest absolute Gasteiger partial charge is 0.295 e. The molecule has 0 aromatic heterocycles. The summed E-state index contributed by atoms with van der Waals surface area (Å²) in [6.07, 6.45) is 3.15. The predicted octanol–water partition coefficient (Wildman–Crippen LogP) is 2.30. The van der Waals surface area contributed by atoms with Crippen molar-refractivity contribution in [1.82, 2.24) is 0 Å². The highest BCUT2D eigenvalue weighted by molar-refractivity contribution is 5.73. The zero-order valence-corrected chi connectivity index (χ0v) is 11.0. The van der Waals surface area contributed by atoms with Gasteiger partial charge in [-0.1, -0.05) is 0 Å². The molecule has 0 radical (unpaired) electrons. The number of rotatable bonds is 4. The zero-order chi connectivity index (χ0) is 14.7. The van der Waals surface area contributed by atoms with Crippen molar-refractivity contribution in [2.24, 2.45) is 0 Å². The molecule has 1 aliphatic heterocycles. The van der Waals surface area contributed by atoms with Crippen LogP contribution in [0.5, 0.6) is 5.75 Å². The number of nitro benzene ring substituents is 1. The lowest BCUT2D eigenvalue weighted by molar-refractivity contribution is -0.384. The Morgan fingerprint density at radius 1 is 1.50 bits per heavy atom. The largest absolute Gasteiger partial charge is 0.494 e. The number of hydrogen-bond acceptors (Lipinski definition) is 5. The molecule has 0 N–H and O–H groups in total. The highest BCUT2D eigenvalue weighted by atomic mass is 19.1. The van der Waals surface area contributed by atoms with Crippen LogP contribution in [0, 0.1) is 15.9 Å². The topological polar surface area (TPSA) is 72.7 Å². The molecule has 0 spiro atoms. The van der Waals surface area contributed by atoms with Gasteiger partial charge in [0.25, 0.3) is 5.69 Å². The van der Waals surface area contributed by atoms with Gasteiger partial charge in [-0.15, -0.1) is 0 Å². The molecule has 0 bridgehead atoms. The number of benzene rings is 1. The molecular weight excluding hydrogens is 267 g/mol. The lowest BCUT2D eigenvalue weighted by Crippen LogP contribution is -2.41. The standard InChI is InChI=1S/C13H15FN2O4/c1-20-13-7-11(12(16(18)19)6-10(13)14)15-5-3-2-4-9(15)8-17/h6-9H,2-5H2,1H3. The van der Waals surface area contributed by atoms with E-state index in [0.717, 1.165) is 25.2 Å². The maximum atomic E-state index is 13.6. The molecule has 7 heteroatoms. The van der Waals surface area contributed by atoms with Gasteiger partial charge in [0, 0.05) is 12.6 Å². The van der Waals surface area contributed by atoms with Gasteiger partial charge in [-0.2, -0.15) is 0 Å². The minimum Gasteiger partial charge on any atom is -0.494 e. The van der Waals surface area contributed by atoms with Crippen LogP contribution in [-0.4, -0.2) is 30.9 Å². The number of aldehydes is 1. The molecule has 0 aliphatic carbocycles. The van der Waals surface area contributed by atoms with Crippen molar-refractivity contribution >= 4 is 17.7 Å². The minimum atomic E-state index is -0.789. The van der Waals surface area contributed by atoms with Crippen LogP contribution in [0.3, 0.4) is 0 Å². The Bertz CT molecular complexity index is 535. The molecule has 1 aromatic carbocycles. The van der Waals surface area contributed by atoms with Crippen LogP contribution in [0.15, 0.2) is 12.1 Å². The van der Waals surface area contributed by atoms with E-state index in [1.54, 1.807) is 4.90 Å². The summed E-state index contributed by atoms with van der Waals surface area (Å²) in [6, 6.07) is 1.71. The number of carbonyl (C=O) groups excluding carboxylic acids is 1. The Hall–Kier alpha value is -2.18. The molecule has 0 amide bonds. The Morgan fingerprint density at radius 3 is 2.85 bits per heavy atom. The highest BCUT2D eigenvalue weighted by Gasteiger charge is 2.29. The van der Waals surface area contributed by atoms with Crippen molar-refractivity contribution in [1.29, 1.82) is 0 Å². The monoisotopic (exact) mass is 282 g/mol. The number of piperidine rings is 1. The van der Waals surface area contributed by atoms with Crippen molar-refractivity contribution in [3.05, 3.63) is 28.1 Å². The molecule has 1 saturated heterocycles. The van der Waals surface area contributed by atoms with Gasteiger partial charge in [0.1, 0.15) is 12.0 Å². The Balaban J connectivity index is 2.52. The molecule has 6 nitrogen and oxygen atoms in total. The molecule has 20 heavy (non-hydrogen) atoms. The van der Waals surface area contributed by atoms with E-state index in [4.69, 9.17) is 4.74 Å². The van der Waals surface area contributed by atoms with Crippen LogP contribution in [-0.2, 0) is 4.79 Å². The fraction of sp³-hybridized carbons (Fsp3) is 0.462. The van der Waals surface area contributed by atoms with E-state index >= 15 is 0 Å². The van der Waals surface area contributed by atoms with Crippen molar-refractivity contribution < 1.29 is 18.8 Å². The molecule has 1 heterocycles. The third kappa shape index (κ3) is 2.56. The van der Waals surface area contributed by atoms with Crippen molar-refractivity contribution in [2.45, 2.75) is 25.3 Å². The predicted molar refractivity (Wildman–Crippen MR) is 70.7 cm³/mol. The molecular formula is C13H15FN2O4. The molecule has 2 rings (SSSR count). The van der Waals surface area contributed by atoms with E-state index in [1.165, 1.54) is 13.2 Å². The Kier molecular flexibility index (Phi) is 4.16. The van der Waals surface area contributed by atoms with Crippen LogP contribution >= 0.6 is 0 Å². The normalized spacial score (nSPS) is 18.7. The summed E-state index contributed by atoms with van der Waals surface area (Å²) in [6.45, 7) is 0.527. The van der Waals surface area contributed by atoms with Crippen molar-refractivity contribution in [2.75, 3.05) is 18.6 Å². The first-order chi connectivity index (χ1) is 9.58. The lowest BCUT2D eigenvalue weighted by atomic mass is 10.0. The summed E-state index contributed by atoms with van der Waals surface area (Å²) in [4.78, 5) is 23.2. The third-order valence-electron chi connectivity index (χ3n) is 3.46. The minimum absolute atomic E-state index is 0.0687. The second kappa shape index (κ2) is 5.85. The van der Waals surface area contributed by atoms with Gasteiger partial charge >= 0.3 is 0 Å². The number of anilines is 1. The fourth-order valence-corrected chi connectivity index (χ4v) is 2.46. The van der Waals surface area contributed by atoms with Gasteiger partial charge in [-0.05, 0) is 19.3 Å². The maximum Gasteiger partial charge on any atom is 0.295 e. The molecule has 1 unspecified atom stereocenters. The van der Waals surface area contributed by atoms with Gasteiger partial charge in [-0.3, -0.25) is 10.1 Å². The average Bonchev–Trinajstić information content (AvgIpc) is 2.46. The van der Waals surface area contributed by atoms with Crippen LogP contribution in [0.25, 0.3) is 0 Å². The molecule has 1 aliphatic rings. The van der Waals surface area contributed by atoms with Gasteiger partial charge in [0.05, 0.1) is 24.1 Å². The van der Waals surface area contributed by atoms with Crippen molar-refractivity contribution in [3.63, 3.8) is 0 Å². The van der Waals surface area contributed by atoms with Crippen LogP contribution < -0.4 is 9.64 Å². The maximum absolute atomic E-state index is 13.6. The Labute approximate surface area is 115 Å². The summed E-state index contributed by atoms with van der Waals surface area (Å²) in [7, 11) is 1.29. The number of hydrogen-bond donors (Lipinski definition) is 0. The molecule has 108 valence electrons. The summed E-state index contributed by atoms with van der Waals surface area (Å²) in [5, 5.41) is 11.1. The summed E-state index contributed by atoms with van der Waals surface area (Å²) >= 11 is 0. The van der Waals surface area contributed by atoms with E-state index < -0.39 is 16.8 Å². The fourth-order valence-electron chi connectivity index (χ4n) is 2.46. The number of ether oxygens (including phenoxy) is 1. The molecule has 0 saturated carbocycles. The van der Waals surface area contributed by atoms with Gasteiger partial charge < -0.3 is 14.4 Å². The summed E-state index contributed by atoms with van der Waals surface area (Å²) in [5.74, 6) is -0.858. The molecule has 1 aromatic rings. The number of halogens is 1. The summed E-state index contributed by atoms with van der Waals surface area (Å²) in [5.41, 5.74) is -0.123. The lowest BCUT2D eigenvalue weighted by Gasteiger charge is -2.34. The second-order valence-electron chi connectivity index (χ2n) is 4.63. The third-order valence-corrected chi connectivity index (χ3v) is 3.46. The first-order valence-electron chi connectivity index (χ1n) is 6.32. The van der Waals surface area contributed by atoms with Gasteiger partial charge in [0.15, 0.2) is 11.6 Å². The van der Waals surface area contributed by atoms with E-state index in [9.17, 15) is 19.3 Å². The second-order valence-corrected chi connectivity index (χ2v) is 4.63. The average molecular weight is 282 g/mol.